The average Bonchev–Trinajstić information content (AvgIpc) is 2.73. The van der Waals surface area contributed by atoms with Crippen molar-refractivity contribution in [2.75, 3.05) is 6.54 Å². The van der Waals surface area contributed by atoms with Gasteiger partial charge in [-0.25, -0.2) is 8.44 Å². The second-order valence-corrected chi connectivity index (χ2v) is 5.69. The number of aromatic nitrogens is 3. The summed E-state index contributed by atoms with van der Waals surface area (Å²) < 4.78 is 3.96. The van der Waals surface area contributed by atoms with Crippen LogP contribution in [0.5, 0.6) is 0 Å². The minimum atomic E-state index is -0.0780. The fourth-order valence-corrected chi connectivity index (χ4v) is 3.19. The summed E-state index contributed by atoms with van der Waals surface area (Å²) in [6, 6.07) is 3.83. The van der Waals surface area contributed by atoms with Gasteiger partial charge in [0.2, 0.25) is 0 Å². The lowest BCUT2D eigenvalue weighted by Crippen LogP contribution is -2.25. The van der Waals surface area contributed by atoms with Crippen molar-refractivity contribution in [3.05, 3.63) is 33.9 Å². The van der Waals surface area contributed by atoms with Crippen LogP contribution < -0.4 is 5.56 Å². The molecule has 0 amide bonds. The normalized spacial score (nSPS) is 21.6. The molecule has 6 heteroatoms. The van der Waals surface area contributed by atoms with Crippen molar-refractivity contribution in [3.8, 4) is 0 Å². The van der Waals surface area contributed by atoms with E-state index in [0.717, 1.165) is 30.0 Å². The lowest BCUT2D eigenvalue weighted by molar-refractivity contribution is 0.283. The molecule has 3 rings (SSSR count). The van der Waals surface area contributed by atoms with Crippen LogP contribution >= 0.6 is 16.1 Å². The topological polar surface area (TPSA) is 53.4 Å². The quantitative estimate of drug-likeness (QED) is 0.821. The van der Waals surface area contributed by atoms with Crippen molar-refractivity contribution in [3.63, 3.8) is 0 Å². The Morgan fingerprint density at radius 3 is 3.06 bits per heavy atom. The minimum Gasteiger partial charge on any atom is -0.307 e. The number of halogens is 1. The maximum Gasteiger partial charge on any atom is 0.251 e. The molecule has 1 fully saturated rings. The second-order valence-electron chi connectivity index (χ2n) is 4.78. The number of rotatable bonds is 1. The summed E-state index contributed by atoms with van der Waals surface area (Å²) in [4.78, 5) is 14.3. The van der Waals surface area contributed by atoms with Crippen LogP contribution in [0.2, 0.25) is 0 Å². The summed E-state index contributed by atoms with van der Waals surface area (Å²) in [5.74, 6) is 0. The highest BCUT2D eigenvalue weighted by molar-refractivity contribution is 9.07. The molecule has 1 N–H and O–H groups in total. The van der Waals surface area contributed by atoms with E-state index in [4.69, 9.17) is 0 Å². The van der Waals surface area contributed by atoms with Gasteiger partial charge in [-0.2, -0.15) is 5.10 Å². The molecular weight excluding hydrogens is 296 g/mol. The second kappa shape index (κ2) is 4.51. The molecule has 0 spiro atoms. The molecule has 0 saturated carbocycles. The Balaban J connectivity index is 2.07. The van der Waals surface area contributed by atoms with Crippen LogP contribution in [0.15, 0.2) is 16.9 Å². The first kappa shape index (κ1) is 11.9. The Bertz CT molecular complexity index is 633. The largest absolute Gasteiger partial charge is 0.307 e. The molecule has 0 aromatic carbocycles. The first-order valence-corrected chi connectivity index (χ1v) is 6.88. The average molecular weight is 311 g/mol. The Kier molecular flexibility index (Phi) is 2.99. The van der Waals surface area contributed by atoms with Crippen molar-refractivity contribution in [2.45, 2.75) is 32.2 Å². The zero-order valence-electron chi connectivity index (χ0n) is 10.2. The van der Waals surface area contributed by atoms with Crippen LogP contribution in [0, 0.1) is 6.92 Å². The predicted molar refractivity (Wildman–Crippen MR) is 72.8 cm³/mol. The van der Waals surface area contributed by atoms with Crippen molar-refractivity contribution in [1.82, 2.24) is 18.5 Å². The van der Waals surface area contributed by atoms with Crippen LogP contribution in [0.1, 0.15) is 36.7 Å². The van der Waals surface area contributed by atoms with Crippen molar-refractivity contribution >= 4 is 21.8 Å². The van der Waals surface area contributed by atoms with Crippen LogP contribution in [0.25, 0.3) is 5.65 Å². The highest BCUT2D eigenvalue weighted by Gasteiger charge is 2.24. The number of hydrogen-bond donors (Lipinski definition) is 1. The van der Waals surface area contributed by atoms with Gasteiger partial charge in [-0.15, -0.1) is 0 Å². The van der Waals surface area contributed by atoms with Gasteiger partial charge in [0, 0.05) is 40.5 Å². The van der Waals surface area contributed by atoms with Crippen molar-refractivity contribution in [1.29, 1.82) is 0 Å². The number of aryl methyl sites for hydroxylation is 1. The molecular formula is C12H15BrN4O. The van der Waals surface area contributed by atoms with Gasteiger partial charge < -0.3 is 4.98 Å². The van der Waals surface area contributed by atoms with E-state index < -0.39 is 0 Å². The van der Waals surface area contributed by atoms with E-state index in [1.165, 1.54) is 12.8 Å². The molecule has 0 bridgehead atoms. The molecule has 0 radical (unpaired) electrons. The van der Waals surface area contributed by atoms with Crippen molar-refractivity contribution < 1.29 is 0 Å². The molecule has 1 aliphatic rings. The van der Waals surface area contributed by atoms with Gasteiger partial charge in [-0.1, -0.05) is 6.42 Å². The summed E-state index contributed by atoms with van der Waals surface area (Å²) in [6.45, 7) is 2.93. The number of fused-ring (bicyclic) bond motifs is 1. The third-order valence-electron chi connectivity index (χ3n) is 3.43. The fourth-order valence-electron chi connectivity index (χ4n) is 2.52. The van der Waals surface area contributed by atoms with E-state index in [1.54, 1.807) is 10.6 Å². The molecule has 96 valence electrons. The number of hydrogen-bond acceptors (Lipinski definition) is 3. The lowest BCUT2D eigenvalue weighted by atomic mass is 10.0. The Labute approximate surface area is 113 Å². The Morgan fingerprint density at radius 2 is 2.28 bits per heavy atom. The maximum absolute atomic E-state index is 11.4. The highest BCUT2D eigenvalue weighted by atomic mass is 79.9. The maximum atomic E-state index is 11.4. The first-order chi connectivity index (χ1) is 8.65. The SMILES string of the molecule is Cc1cc(=O)[nH]c2cc([C@@H]3CCCCN3Br)nn12. The minimum absolute atomic E-state index is 0.0780. The lowest BCUT2D eigenvalue weighted by Gasteiger charge is -2.28. The van der Waals surface area contributed by atoms with Gasteiger partial charge in [-0.05, 0) is 19.8 Å². The molecule has 0 aliphatic carbocycles. The molecule has 5 nitrogen and oxygen atoms in total. The van der Waals surface area contributed by atoms with Crippen LogP contribution in [-0.2, 0) is 0 Å². The predicted octanol–water partition coefficient (Wildman–Crippen LogP) is 2.17. The summed E-state index contributed by atoms with van der Waals surface area (Å²) >= 11 is 3.59. The van der Waals surface area contributed by atoms with Gasteiger partial charge in [0.15, 0.2) is 0 Å². The number of nitrogens with zero attached hydrogens (tertiary/aromatic N) is 3. The van der Waals surface area contributed by atoms with Gasteiger partial charge in [-0.3, -0.25) is 4.79 Å². The van der Waals surface area contributed by atoms with Gasteiger partial charge in [0.25, 0.3) is 5.56 Å². The standard InChI is InChI=1S/C12H15BrN4O/c1-8-6-12(18)14-11-7-9(15-17(8)11)10-4-2-3-5-16(10)13/h6-7,10H,2-5H2,1H3,(H,14,18)/t10-/m0/s1. The summed E-state index contributed by atoms with van der Waals surface area (Å²) in [5, 5.41) is 4.60. The zero-order valence-corrected chi connectivity index (χ0v) is 11.8. The first-order valence-electron chi connectivity index (χ1n) is 6.17. The summed E-state index contributed by atoms with van der Waals surface area (Å²) in [6.07, 6.45) is 3.53. The van der Waals surface area contributed by atoms with Gasteiger partial charge in [0.1, 0.15) is 5.65 Å². The van der Waals surface area contributed by atoms with Crippen LogP contribution in [0.4, 0.5) is 0 Å². The third kappa shape index (κ3) is 1.99. The van der Waals surface area contributed by atoms with Gasteiger partial charge >= 0.3 is 0 Å². The van der Waals surface area contributed by atoms with Gasteiger partial charge in [0.05, 0.1) is 11.7 Å². The Morgan fingerprint density at radius 1 is 1.44 bits per heavy atom. The number of piperidine rings is 1. The molecule has 3 heterocycles. The van der Waals surface area contributed by atoms with E-state index >= 15 is 0 Å². The van der Waals surface area contributed by atoms with Crippen LogP contribution in [0.3, 0.4) is 0 Å². The Hall–Kier alpha value is -1.14. The monoisotopic (exact) mass is 310 g/mol. The zero-order chi connectivity index (χ0) is 12.7. The van der Waals surface area contributed by atoms with Crippen LogP contribution in [-0.4, -0.2) is 25.1 Å². The summed E-state index contributed by atoms with van der Waals surface area (Å²) in [5.41, 5.74) is 2.56. The number of nitrogens with one attached hydrogen (secondary N) is 1. The van der Waals surface area contributed by atoms with E-state index in [9.17, 15) is 4.79 Å². The van der Waals surface area contributed by atoms with Crippen molar-refractivity contribution in [2.24, 2.45) is 0 Å². The number of aromatic amines is 1. The van der Waals surface area contributed by atoms with E-state index in [2.05, 4.69) is 30.2 Å². The molecule has 1 saturated heterocycles. The smallest absolute Gasteiger partial charge is 0.251 e. The molecule has 2 aromatic heterocycles. The number of H-pyrrole nitrogens is 1. The van der Waals surface area contributed by atoms with E-state index in [-0.39, 0.29) is 5.56 Å². The fraction of sp³-hybridized carbons (Fsp3) is 0.500. The van der Waals surface area contributed by atoms with E-state index in [0.29, 0.717) is 6.04 Å². The van der Waals surface area contributed by atoms with E-state index in [1.807, 2.05) is 13.0 Å². The summed E-state index contributed by atoms with van der Waals surface area (Å²) in [7, 11) is 0. The molecule has 0 unspecified atom stereocenters. The molecule has 18 heavy (non-hydrogen) atoms. The molecule has 1 atom stereocenters. The highest BCUT2D eigenvalue weighted by Crippen LogP contribution is 2.32. The third-order valence-corrected chi connectivity index (χ3v) is 4.28. The molecule has 1 aliphatic heterocycles. The molecule has 2 aromatic rings.